The number of benzene rings is 2. The Bertz CT molecular complexity index is 554. The van der Waals surface area contributed by atoms with Gasteiger partial charge >= 0.3 is 0 Å². The summed E-state index contributed by atoms with van der Waals surface area (Å²) in [6.45, 7) is 5.19. The Labute approximate surface area is 146 Å². The number of unbranched alkanes of at least 4 members (excludes halogenated alkanes) is 1. The minimum atomic E-state index is -0.240. The maximum Gasteiger partial charge on any atom is 0.232 e. The van der Waals surface area contributed by atoms with Gasteiger partial charge in [-0.25, -0.2) is 0 Å². The van der Waals surface area contributed by atoms with E-state index in [1.165, 1.54) is 19.3 Å². The largest absolute Gasteiger partial charge is 0.355 e. The highest BCUT2D eigenvalue weighted by atomic mass is 16.1. The first-order valence-corrected chi connectivity index (χ1v) is 9.13. The van der Waals surface area contributed by atoms with Gasteiger partial charge < -0.3 is 5.32 Å². The molecule has 1 atom stereocenters. The number of carbonyl (C=O) groups excluding carboxylic acids is 1. The number of amides is 1. The van der Waals surface area contributed by atoms with Gasteiger partial charge in [0.05, 0.1) is 5.92 Å². The van der Waals surface area contributed by atoms with Crippen molar-refractivity contribution in [3.8, 4) is 0 Å². The highest BCUT2D eigenvalue weighted by Gasteiger charge is 2.22. The molecule has 2 heteroatoms. The van der Waals surface area contributed by atoms with Crippen molar-refractivity contribution in [1.82, 2.24) is 5.32 Å². The average Bonchev–Trinajstić information content (AvgIpc) is 2.64. The zero-order chi connectivity index (χ0) is 17.2. The summed E-state index contributed by atoms with van der Waals surface area (Å²) in [5.41, 5.74) is 2.09. The third kappa shape index (κ3) is 5.23. The SMILES string of the molecule is CCCC[C@H](CC)CNC(=O)C(c1ccccc1)c1ccccc1. The molecule has 0 aromatic heterocycles. The summed E-state index contributed by atoms with van der Waals surface area (Å²) in [6, 6.07) is 20.1. The Hall–Kier alpha value is -2.09. The van der Waals surface area contributed by atoms with Gasteiger partial charge in [-0.3, -0.25) is 4.79 Å². The molecule has 0 radical (unpaired) electrons. The second kappa shape index (κ2) is 9.92. The molecule has 0 fully saturated rings. The molecular formula is C22H29NO. The topological polar surface area (TPSA) is 29.1 Å². The Morgan fingerprint density at radius 3 is 1.92 bits per heavy atom. The number of rotatable bonds is 9. The molecule has 0 aliphatic rings. The van der Waals surface area contributed by atoms with Crippen LogP contribution in [0.3, 0.4) is 0 Å². The van der Waals surface area contributed by atoms with Crippen LogP contribution in [0.1, 0.15) is 56.6 Å². The van der Waals surface area contributed by atoms with Crippen LogP contribution in [0.4, 0.5) is 0 Å². The third-order valence-electron chi connectivity index (χ3n) is 4.64. The van der Waals surface area contributed by atoms with Gasteiger partial charge in [-0.15, -0.1) is 0 Å². The van der Waals surface area contributed by atoms with Crippen molar-refractivity contribution in [2.75, 3.05) is 6.54 Å². The minimum Gasteiger partial charge on any atom is -0.355 e. The lowest BCUT2D eigenvalue weighted by Gasteiger charge is -2.20. The lowest BCUT2D eigenvalue weighted by molar-refractivity contribution is -0.121. The van der Waals surface area contributed by atoms with Gasteiger partial charge in [0, 0.05) is 6.54 Å². The van der Waals surface area contributed by atoms with Gasteiger partial charge in [0.25, 0.3) is 0 Å². The van der Waals surface area contributed by atoms with E-state index in [-0.39, 0.29) is 11.8 Å². The molecule has 0 bridgehead atoms. The lowest BCUT2D eigenvalue weighted by atomic mass is 9.90. The molecule has 0 heterocycles. The fraction of sp³-hybridized carbons (Fsp3) is 0.409. The standard InChI is InChI=1S/C22H29NO/c1-3-5-12-18(4-2)17-23-22(24)21(19-13-8-6-9-14-19)20-15-10-7-11-16-20/h6-11,13-16,18,21H,3-5,12,17H2,1-2H3,(H,23,24)/t18-/m0/s1. The molecule has 0 aliphatic heterocycles. The summed E-state index contributed by atoms with van der Waals surface area (Å²) < 4.78 is 0. The van der Waals surface area contributed by atoms with Crippen molar-refractivity contribution < 1.29 is 4.79 Å². The van der Waals surface area contributed by atoms with E-state index in [4.69, 9.17) is 0 Å². The third-order valence-corrected chi connectivity index (χ3v) is 4.64. The molecule has 2 rings (SSSR count). The summed E-state index contributed by atoms with van der Waals surface area (Å²) in [7, 11) is 0. The monoisotopic (exact) mass is 323 g/mol. The molecule has 0 spiro atoms. The predicted octanol–water partition coefficient (Wildman–Crippen LogP) is 5.15. The van der Waals surface area contributed by atoms with Crippen LogP contribution >= 0.6 is 0 Å². The zero-order valence-corrected chi connectivity index (χ0v) is 14.9. The van der Waals surface area contributed by atoms with E-state index in [1.54, 1.807) is 0 Å². The molecule has 0 unspecified atom stereocenters. The summed E-state index contributed by atoms with van der Waals surface area (Å²) >= 11 is 0. The number of hydrogen-bond donors (Lipinski definition) is 1. The zero-order valence-electron chi connectivity index (χ0n) is 14.9. The highest BCUT2D eigenvalue weighted by molar-refractivity contribution is 5.87. The maximum absolute atomic E-state index is 12.9. The number of hydrogen-bond acceptors (Lipinski definition) is 1. The Balaban J connectivity index is 2.11. The average molecular weight is 323 g/mol. The smallest absolute Gasteiger partial charge is 0.232 e. The van der Waals surface area contributed by atoms with E-state index in [2.05, 4.69) is 19.2 Å². The van der Waals surface area contributed by atoms with Crippen LogP contribution in [0.25, 0.3) is 0 Å². The van der Waals surface area contributed by atoms with Gasteiger partial charge in [-0.1, -0.05) is 93.8 Å². The van der Waals surface area contributed by atoms with Gasteiger partial charge in [0.2, 0.25) is 5.91 Å². The Morgan fingerprint density at radius 2 is 1.46 bits per heavy atom. The first-order chi connectivity index (χ1) is 11.8. The van der Waals surface area contributed by atoms with Crippen LogP contribution in [0, 0.1) is 5.92 Å². The lowest BCUT2D eigenvalue weighted by Crippen LogP contribution is -2.33. The van der Waals surface area contributed by atoms with Crippen molar-refractivity contribution in [3.63, 3.8) is 0 Å². The van der Waals surface area contributed by atoms with Gasteiger partial charge in [0.1, 0.15) is 0 Å². The van der Waals surface area contributed by atoms with Crippen LogP contribution < -0.4 is 5.32 Å². The second-order valence-electron chi connectivity index (χ2n) is 6.42. The number of carbonyl (C=O) groups is 1. The Morgan fingerprint density at radius 1 is 0.917 bits per heavy atom. The van der Waals surface area contributed by atoms with Crippen LogP contribution in [0.15, 0.2) is 60.7 Å². The number of nitrogens with one attached hydrogen (secondary N) is 1. The van der Waals surface area contributed by atoms with E-state index >= 15 is 0 Å². The van der Waals surface area contributed by atoms with Crippen LogP contribution in [-0.2, 0) is 4.79 Å². The molecular weight excluding hydrogens is 294 g/mol. The molecule has 0 saturated carbocycles. The fourth-order valence-corrected chi connectivity index (χ4v) is 3.08. The van der Waals surface area contributed by atoms with Gasteiger partial charge in [0.15, 0.2) is 0 Å². The van der Waals surface area contributed by atoms with Crippen molar-refractivity contribution in [1.29, 1.82) is 0 Å². The molecule has 1 N–H and O–H groups in total. The van der Waals surface area contributed by atoms with Crippen LogP contribution in [-0.4, -0.2) is 12.5 Å². The summed E-state index contributed by atoms with van der Waals surface area (Å²) in [4.78, 5) is 12.9. The second-order valence-corrected chi connectivity index (χ2v) is 6.42. The molecule has 0 saturated heterocycles. The van der Waals surface area contributed by atoms with E-state index in [9.17, 15) is 4.79 Å². The Kier molecular flexibility index (Phi) is 7.54. The molecule has 2 nitrogen and oxygen atoms in total. The van der Waals surface area contributed by atoms with Crippen molar-refractivity contribution >= 4 is 5.91 Å². The minimum absolute atomic E-state index is 0.0994. The summed E-state index contributed by atoms with van der Waals surface area (Å²) in [5.74, 6) is 0.430. The molecule has 1 amide bonds. The summed E-state index contributed by atoms with van der Waals surface area (Å²) in [6.07, 6.45) is 4.74. The van der Waals surface area contributed by atoms with E-state index < -0.39 is 0 Å². The van der Waals surface area contributed by atoms with Crippen molar-refractivity contribution in [2.24, 2.45) is 5.92 Å². The van der Waals surface area contributed by atoms with Crippen LogP contribution in [0.5, 0.6) is 0 Å². The molecule has 0 aliphatic carbocycles. The van der Waals surface area contributed by atoms with Crippen LogP contribution in [0.2, 0.25) is 0 Å². The van der Waals surface area contributed by atoms with Gasteiger partial charge in [-0.05, 0) is 23.5 Å². The first kappa shape index (κ1) is 18.3. The fourth-order valence-electron chi connectivity index (χ4n) is 3.08. The predicted molar refractivity (Wildman–Crippen MR) is 101 cm³/mol. The quantitative estimate of drug-likeness (QED) is 0.679. The molecule has 24 heavy (non-hydrogen) atoms. The van der Waals surface area contributed by atoms with Crippen molar-refractivity contribution in [3.05, 3.63) is 71.8 Å². The molecule has 2 aromatic rings. The highest BCUT2D eigenvalue weighted by Crippen LogP contribution is 2.25. The van der Waals surface area contributed by atoms with E-state index in [1.807, 2.05) is 60.7 Å². The maximum atomic E-state index is 12.9. The molecule has 128 valence electrons. The van der Waals surface area contributed by atoms with Crippen molar-refractivity contribution in [2.45, 2.75) is 45.4 Å². The first-order valence-electron chi connectivity index (χ1n) is 9.13. The van der Waals surface area contributed by atoms with Gasteiger partial charge in [-0.2, -0.15) is 0 Å². The molecule has 2 aromatic carbocycles. The van der Waals surface area contributed by atoms with E-state index in [0.29, 0.717) is 5.92 Å². The normalized spacial score (nSPS) is 12.1. The summed E-state index contributed by atoms with van der Waals surface area (Å²) in [5, 5.41) is 3.20. The van der Waals surface area contributed by atoms with E-state index in [0.717, 1.165) is 24.1 Å².